The number of anilines is 1. The van der Waals surface area contributed by atoms with Gasteiger partial charge in [0.2, 0.25) is 5.91 Å². The Morgan fingerprint density at radius 1 is 1.16 bits per heavy atom. The van der Waals surface area contributed by atoms with Crippen molar-refractivity contribution in [2.24, 2.45) is 0 Å². The van der Waals surface area contributed by atoms with Gasteiger partial charge in [0.25, 0.3) is 5.91 Å². The molecule has 6 nitrogen and oxygen atoms in total. The van der Waals surface area contributed by atoms with Crippen LogP contribution in [0.5, 0.6) is 5.75 Å². The van der Waals surface area contributed by atoms with Gasteiger partial charge >= 0.3 is 0 Å². The van der Waals surface area contributed by atoms with Crippen molar-refractivity contribution in [3.05, 3.63) is 58.1 Å². The van der Waals surface area contributed by atoms with Crippen molar-refractivity contribution in [2.45, 2.75) is 13.2 Å². The summed E-state index contributed by atoms with van der Waals surface area (Å²) in [6.45, 7) is 0.693. The Kier molecular flexibility index (Phi) is 5.43. The lowest BCUT2D eigenvalue weighted by Gasteiger charge is -2.12. The fourth-order valence-electron chi connectivity index (χ4n) is 2.34. The van der Waals surface area contributed by atoms with Crippen LogP contribution in [0.3, 0.4) is 0 Å². The minimum atomic E-state index is -0.409. The summed E-state index contributed by atoms with van der Waals surface area (Å²) in [6, 6.07) is 10.2. The zero-order valence-electron chi connectivity index (χ0n) is 13.0. The Balaban J connectivity index is 1.72. The number of amides is 2. The van der Waals surface area contributed by atoms with Crippen LogP contribution in [0, 0.1) is 0 Å². The third kappa shape index (κ3) is 4.22. The van der Waals surface area contributed by atoms with Crippen molar-refractivity contribution < 1.29 is 19.4 Å². The van der Waals surface area contributed by atoms with Crippen LogP contribution in [-0.2, 0) is 22.8 Å². The molecule has 8 heteroatoms. The number of carbonyl (C=O) groups is 2. The van der Waals surface area contributed by atoms with Crippen LogP contribution >= 0.6 is 23.2 Å². The lowest BCUT2D eigenvalue weighted by atomic mass is 10.1. The third-order valence-electron chi connectivity index (χ3n) is 3.57. The van der Waals surface area contributed by atoms with Gasteiger partial charge in [-0.3, -0.25) is 9.59 Å². The number of alkyl halides is 1. The molecule has 0 fully saturated rings. The van der Waals surface area contributed by atoms with E-state index in [1.807, 2.05) is 12.1 Å². The van der Waals surface area contributed by atoms with Crippen molar-refractivity contribution in [1.29, 1.82) is 0 Å². The molecule has 0 saturated carbocycles. The molecular weight excluding hydrogens is 367 g/mol. The van der Waals surface area contributed by atoms with E-state index in [1.165, 1.54) is 6.07 Å². The van der Waals surface area contributed by atoms with E-state index in [-0.39, 0.29) is 23.9 Å². The van der Waals surface area contributed by atoms with Crippen LogP contribution in [0.25, 0.3) is 0 Å². The van der Waals surface area contributed by atoms with Gasteiger partial charge in [-0.1, -0.05) is 23.7 Å². The molecular formula is C17H14Cl2N2O4. The number of nitrogens with one attached hydrogen (secondary N) is 2. The molecule has 130 valence electrons. The monoisotopic (exact) mass is 380 g/mol. The first-order valence-electron chi connectivity index (χ1n) is 7.41. The largest absolute Gasteiger partial charge is 0.348 e. The molecule has 1 aliphatic heterocycles. The number of carbonyl (C=O) groups excluding carboxylic acids is 2. The number of benzene rings is 2. The SMILES string of the molecule is O=C(CCl)Nc1ccc(Cl)cc1C(=O)NCc1ccc2c(c1)OOC2. The fraction of sp³-hybridized carbons (Fsp3) is 0.176. The van der Waals surface area contributed by atoms with Crippen LogP contribution in [0.2, 0.25) is 5.02 Å². The molecule has 0 aliphatic carbocycles. The van der Waals surface area contributed by atoms with E-state index in [1.54, 1.807) is 18.2 Å². The second kappa shape index (κ2) is 7.74. The Hall–Kier alpha value is -2.28. The van der Waals surface area contributed by atoms with Gasteiger partial charge in [0, 0.05) is 17.1 Å². The van der Waals surface area contributed by atoms with E-state index in [2.05, 4.69) is 10.6 Å². The number of hydrogen-bond acceptors (Lipinski definition) is 4. The number of rotatable bonds is 5. The molecule has 2 N–H and O–H groups in total. The molecule has 0 radical (unpaired) electrons. The Bertz CT molecular complexity index is 826. The smallest absolute Gasteiger partial charge is 0.253 e. The number of fused-ring (bicyclic) bond motifs is 1. The summed E-state index contributed by atoms with van der Waals surface area (Å²) in [5.41, 5.74) is 2.41. The second-order valence-electron chi connectivity index (χ2n) is 5.34. The van der Waals surface area contributed by atoms with Crippen molar-refractivity contribution in [2.75, 3.05) is 11.2 Å². The predicted octanol–water partition coefficient (Wildman–Crippen LogP) is 3.27. The molecule has 2 amide bonds. The first-order chi connectivity index (χ1) is 12.1. The average Bonchev–Trinajstić information content (AvgIpc) is 3.08. The highest BCUT2D eigenvalue weighted by Crippen LogP contribution is 2.27. The Labute approximate surface area is 153 Å². The normalized spacial score (nSPS) is 12.2. The summed E-state index contributed by atoms with van der Waals surface area (Å²) in [6.07, 6.45) is 0. The van der Waals surface area contributed by atoms with E-state index < -0.39 is 5.91 Å². The lowest BCUT2D eigenvalue weighted by molar-refractivity contribution is -0.194. The zero-order valence-corrected chi connectivity index (χ0v) is 14.5. The molecule has 0 saturated heterocycles. The maximum atomic E-state index is 12.5. The van der Waals surface area contributed by atoms with Crippen molar-refractivity contribution in [3.8, 4) is 5.75 Å². The van der Waals surface area contributed by atoms with Gasteiger partial charge in [0.15, 0.2) is 5.75 Å². The average molecular weight is 381 g/mol. The third-order valence-corrected chi connectivity index (χ3v) is 4.05. The molecule has 25 heavy (non-hydrogen) atoms. The van der Waals surface area contributed by atoms with Crippen molar-refractivity contribution in [3.63, 3.8) is 0 Å². The van der Waals surface area contributed by atoms with Gasteiger partial charge in [-0.2, -0.15) is 4.89 Å². The minimum absolute atomic E-state index is 0.207. The highest BCUT2D eigenvalue weighted by molar-refractivity contribution is 6.31. The first-order valence-corrected chi connectivity index (χ1v) is 8.33. The van der Waals surface area contributed by atoms with Crippen LogP contribution < -0.4 is 15.5 Å². The standard InChI is InChI=1S/C17H14Cl2N2O4/c18-7-16(22)21-14-4-3-12(19)6-13(14)17(23)20-8-10-1-2-11-9-24-25-15(11)5-10/h1-6H,7-9H2,(H,20,23)(H,21,22). The van der Waals surface area contributed by atoms with E-state index in [0.29, 0.717) is 23.1 Å². The van der Waals surface area contributed by atoms with Crippen LogP contribution in [0.15, 0.2) is 36.4 Å². The maximum absolute atomic E-state index is 12.5. The minimum Gasteiger partial charge on any atom is -0.348 e. The number of halogens is 2. The molecule has 2 aromatic rings. The van der Waals surface area contributed by atoms with E-state index in [4.69, 9.17) is 33.0 Å². The summed E-state index contributed by atoms with van der Waals surface area (Å²) in [5.74, 6) is -0.343. The van der Waals surface area contributed by atoms with E-state index >= 15 is 0 Å². The van der Waals surface area contributed by atoms with E-state index in [9.17, 15) is 9.59 Å². The fourth-order valence-corrected chi connectivity index (χ4v) is 2.58. The van der Waals surface area contributed by atoms with Gasteiger partial charge in [0.05, 0.1) is 11.3 Å². The molecule has 1 heterocycles. The van der Waals surface area contributed by atoms with Crippen LogP contribution in [0.1, 0.15) is 21.5 Å². The van der Waals surface area contributed by atoms with Crippen LogP contribution in [0.4, 0.5) is 5.69 Å². The zero-order chi connectivity index (χ0) is 17.8. The summed E-state index contributed by atoms with van der Waals surface area (Å²) in [7, 11) is 0. The summed E-state index contributed by atoms with van der Waals surface area (Å²) in [4.78, 5) is 33.9. The van der Waals surface area contributed by atoms with Crippen molar-refractivity contribution >= 4 is 40.7 Å². The summed E-state index contributed by atoms with van der Waals surface area (Å²) >= 11 is 11.5. The van der Waals surface area contributed by atoms with Gasteiger partial charge < -0.3 is 15.5 Å². The quantitative estimate of drug-likeness (QED) is 0.616. The molecule has 0 atom stereocenters. The highest BCUT2D eigenvalue weighted by Gasteiger charge is 2.16. The predicted molar refractivity (Wildman–Crippen MR) is 93.8 cm³/mol. The van der Waals surface area contributed by atoms with Gasteiger partial charge in [-0.15, -0.1) is 11.6 Å². The lowest BCUT2D eigenvalue weighted by Crippen LogP contribution is -2.25. The van der Waals surface area contributed by atoms with Crippen LogP contribution in [-0.4, -0.2) is 17.7 Å². The van der Waals surface area contributed by atoms with E-state index in [0.717, 1.165) is 11.1 Å². The molecule has 0 bridgehead atoms. The molecule has 0 aromatic heterocycles. The summed E-state index contributed by atoms with van der Waals surface area (Å²) in [5, 5.41) is 5.75. The van der Waals surface area contributed by atoms with Gasteiger partial charge in [-0.05, 0) is 29.8 Å². The number of hydrogen-bond donors (Lipinski definition) is 2. The maximum Gasteiger partial charge on any atom is 0.253 e. The second-order valence-corrected chi connectivity index (χ2v) is 6.05. The van der Waals surface area contributed by atoms with Crippen molar-refractivity contribution in [1.82, 2.24) is 5.32 Å². The first kappa shape index (κ1) is 17.5. The highest BCUT2D eigenvalue weighted by atomic mass is 35.5. The molecule has 0 spiro atoms. The Morgan fingerprint density at radius 3 is 2.80 bits per heavy atom. The Morgan fingerprint density at radius 2 is 2.00 bits per heavy atom. The summed E-state index contributed by atoms with van der Waals surface area (Å²) < 4.78 is 0. The molecule has 2 aromatic carbocycles. The molecule has 3 rings (SSSR count). The molecule has 0 unspecified atom stereocenters. The topological polar surface area (TPSA) is 76.7 Å². The molecule has 1 aliphatic rings. The van der Waals surface area contributed by atoms with Gasteiger partial charge in [-0.25, -0.2) is 0 Å². The van der Waals surface area contributed by atoms with Gasteiger partial charge in [0.1, 0.15) is 12.5 Å².